The summed E-state index contributed by atoms with van der Waals surface area (Å²) in [7, 11) is -5.12. The summed E-state index contributed by atoms with van der Waals surface area (Å²) in [4.78, 5) is 13.1. The van der Waals surface area contributed by atoms with Crippen molar-refractivity contribution >= 4 is 16.3 Å². The van der Waals surface area contributed by atoms with Gasteiger partial charge in [-0.15, -0.1) is 0 Å². The first kappa shape index (κ1) is 55.6. The molecule has 1 fully saturated rings. The van der Waals surface area contributed by atoms with E-state index in [4.69, 9.17) is 9.47 Å². The Morgan fingerprint density at radius 1 is 0.678 bits per heavy atom. The van der Waals surface area contributed by atoms with Gasteiger partial charge >= 0.3 is 10.4 Å². The smallest absolute Gasteiger partial charge is 0.394 e. The van der Waals surface area contributed by atoms with Gasteiger partial charge in [-0.2, -0.15) is 8.42 Å². The molecule has 59 heavy (non-hydrogen) atoms. The second-order valence-corrected chi connectivity index (χ2v) is 17.5. The number of rotatable bonds is 39. The zero-order valence-electron chi connectivity index (χ0n) is 36.7. The Kier molecular flexibility index (Phi) is 34.0. The minimum atomic E-state index is -5.12. The third-order valence-electron chi connectivity index (χ3n) is 11.1. The molecule has 0 saturated carbocycles. The van der Waals surface area contributed by atoms with Crippen LogP contribution in [0.2, 0.25) is 0 Å². The Hall–Kier alpha value is -1.46. The fourth-order valence-corrected chi connectivity index (χ4v) is 7.87. The van der Waals surface area contributed by atoms with Crippen molar-refractivity contribution in [3.63, 3.8) is 0 Å². The molecule has 0 aromatic rings. The first-order valence-corrected chi connectivity index (χ1v) is 24.7. The number of hydrogen-bond acceptors (Lipinski definition) is 11. The first-order valence-electron chi connectivity index (χ1n) is 23.3. The number of carbonyl (C=O) groups excluding carboxylic acids is 1. The van der Waals surface area contributed by atoms with Crippen molar-refractivity contribution < 1.29 is 57.0 Å². The molecule has 0 aliphatic carbocycles. The highest BCUT2D eigenvalue weighted by Crippen LogP contribution is 2.26. The minimum Gasteiger partial charge on any atom is -0.394 e. The fourth-order valence-electron chi connectivity index (χ4n) is 7.36. The Morgan fingerprint density at radius 2 is 1.14 bits per heavy atom. The molecule has 1 saturated heterocycles. The van der Waals surface area contributed by atoms with Gasteiger partial charge in [0.1, 0.15) is 30.5 Å². The van der Waals surface area contributed by atoms with Gasteiger partial charge in [0.25, 0.3) is 0 Å². The van der Waals surface area contributed by atoms with Crippen LogP contribution in [-0.2, 0) is 28.9 Å². The molecule has 0 radical (unpaired) electrons. The molecule has 1 aliphatic rings. The summed E-state index contributed by atoms with van der Waals surface area (Å²) in [6, 6.07) is -1.13. The van der Waals surface area contributed by atoms with E-state index in [9.17, 15) is 43.3 Å². The van der Waals surface area contributed by atoms with Gasteiger partial charge < -0.3 is 40.3 Å². The van der Waals surface area contributed by atoms with Crippen molar-refractivity contribution in [2.75, 3.05) is 13.2 Å². The van der Waals surface area contributed by atoms with Gasteiger partial charge in [-0.05, 0) is 32.1 Å². The van der Waals surface area contributed by atoms with Crippen molar-refractivity contribution in [1.29, 1.82) is 0 Å². The van der Waals surface area contributed by atoms with Gasteiger partial charge in [0.05, 0.1) is 25.4 Å². The Bertz CT molecular complexity index is 1170. The predicted molar refractivity (Wildman–Crippen MR) is 233 cm³/mol. The van der Waals surface area contributed by atoms with Gasteiger partial charge in [0, 0.05) is 0 Å². The van der Waals surface area contributed by atoms with Crippen LogP contribution in [0.4, 0.5) is 0 Å². The SMILES string of the molecule is CCCCCCCCCCC/C=C/CC/C=C/C(O)C(COC1OC(CO)C(O)C(OS(=O)(=O)O)C1O)NC(=O)C(O)CCCCCCCCCCCCCCCCC. The number of amides is 1. The molecule has 1 amide bonds. The quantitative estimate of drug-likeness (QED) is 0.0179. The summed E-state index contributed by atoms with van der Waals surface area (Å²) < 4.78 is 47.5. The third kappa shape index (κ3) is 28.7. The Labute approximate surface area is 357 Å². The number of allylic oxidation sites excluding steroid dienone is 3. The molecule has 0 aromatic carbocycles. The molecule has 1 heterocycles. The largest absolute Gasteiger partial charge is 0.397 e. The molecule has 7 N–H and O–H groups in total. The van der Waals surface area contributed by atoms with Crippen LogP contribution in [-0.4, -0.2) is 107 Å². The van der Waals surface area contributed by atoms with Crippen LogP contribution < -0.4 is 5.32 Å². The highest BCUT2D eigenvalue weighted by atomic mass is 32.3. The molecular weight excluding hydrogens is 779 g/mol. The van der Waals surface area contributed by atoms with Crippen LogP contribution in [0.1, 0.15) is 194 Å². The van der Waals surface area contributed by atoms with Crippen LogP contribution in [0, 0.1) is 0 Å². The predicted octanol–water partition coefficient (Wildman–Crippen LogP) is 7.91. The van der Waals surface area contributed by atoms with E-state index >= 15 is 0 Å². The van der Waals surface area contributed by atoms with E-state index in [1.165, 1.54) is 128 Å². The highest BCUT2D eigenvalue weighted by molar-refractivity contribution is 7.80. The Balaban J connectivity index is 2.61. The van der Waals surface area contributed by atoms with Gasteiger partial charge in [0.15, 0.2) is 6.29 Å². The lowest BCUT2D eigenvalue weighted by molar-refractivity contribution is -0.298. The van der Waals surface area contributed by atoms with Crippen molar-refractivity contribution in [2.45, 2.75) is 243 Å². The van der Waals surface area contributed by atoms with Crippen molar-refractivity contribution in [1.82, 2.24) is 5.32 Å². The van der Waals surface area contributed by atoms with E-state index < -0.39 is 78.5 Å². The molecule has 1 rings (SSSR count). The van der Waals surface area contributed by atoms with E-state index in [2.05, 4.69) is 35.5 Å². The summed E-state index contributed by atoms with van der Waals surface area (Å²) in [6.07, 6.45) is 28.3. The lowest BCUT2D eigenvalue weighted by Crippen LogP contribution is -2.61. The van der Waals surface area contributed by atoms with E-state index in [1.807, 2.05) is 0 Å². The number of carbonyl (C=O) groups is 1. The molecule has 0 bridgehead atoms. The van der Waals surface area contributed by atoms with Crippen LogP contribution in [0.3, 0.4) is 0 Å². The number of aliphatic hydroxyl groups is 5. The van der Waals surface area contributed by atoms with Gasteiger partial charge in [0.2, 0.25) is 5.91 Å². The lowest BCUT2D eigenvalue weighted by atomic mass is 9.99. The number of unbranched alkanes of at least 4 members (excludes halogenated alkanes) is 24. The number of ether oxygens (including phenoxy) is 2. The van der Waals surface area contributed by atoms with E-state index in [-0.39, 0.29) is 6.42 Å². The second-order valence-electron chi connectivity index (χ2n) is 16.5. The summed E-state index contributed by atoms with van der Waals surface area (Å²) in [5.74, 6) is -0.711. The lowest BCUT2D eigenvalue weighted by Gasteiger charge is -2.41. The number of nitrogens with one attached hydrogen (secondary N) is 1. The maximum atomic E-state index is 13.1. The Morgan fingerprint density at radius 3 is 1.63 bits per heavy atom. The zero-order valence-corrected chi connectivity index (χ0v) is 37.5. The molecule has 0 spiro atoms. The molecule has 13 nitrogen and oxygen atoms in total. The molecule has 348 valence electrons. The van der Waals surface area contributed by atoms with E-state index in [0.717, 1.165) is 38.5 Å². The summed E-state index contributed by atoms with van der Waals surface area (Å²) in [5.41, 5.74) is 0. The fraction of sp³-hybridized carbons (Fsp3) is 0.889. The van der Waals surface area contributed by atoms with Gasteiger partial charge in [-0.25, -0.2) is 4.18 Å². The van der Waals surface area contributed by atoms with Crippen molar-refractivity contribution in [3.05, 3.63) is 24.3 Å². The summed E-state index contributed by atoms with van der Waals surface area (Å²) >= 11 is 0. The minimum absolute atomic E-state index is 0.240. The van der Waals surface area contributed by atoms with Crippen molar-refractivity contribution in [3.8, 4) is 0 Å². The van der Waals surface area contributed by atoms with Crippen LogP contribution >= 0.6 is 0 Å². The molecule has 0 aromatic heterocycles. The second kappa shape index (κ2) is 36.1. The highest BCUT2D eigenvalue weighted by Gasteiger charge is 2.48. The van der Waals surface area contributed by atoms with Crippen molar-refractivity contribution in [2.24, 2.45) is 0 Å². The van der Waals surface area contributed by atoms with Gasteiger partial charge in [-0.3, -0.25) is 9.35 Å². The van der Waals surface area contributed by atoms with Crippen LogP contribution in [0.15, 0.2) is 24.3 Å². The molecule has 8 atom stereocenters. The average molecular weight is 864 g/mol. The summed E-state index contributed by atoms with van der Waals surface area (Å²) in [5, 5.41) is 55.1. The monoisotopic (exact) mass is 864 g/mol. The zero-order chi connectivity index (χ0) is 43.6. The molecular formula is C45H85NO12S. The molecule has 1 aliphatic heterocycles. The third-order valence-corrected chi connectivity index (χ3v) is 11.6. The van der Waals surface area contributed by atoms with Crippen LogP contribution in [0.25, 0.3) is 0 Å². The maximum Gasteiger partial charge on any atom is 0.397 e. The normalized spacial score (nSPS) is 21.7. The number of aliphatic hydroxyl groups excluding tert-OH is 5. The summed E-state index contributed by atoms with van der Waals surface area (Å²) in [6.45, 7) is 3.20. The van der Waals surface area contributed by atoms with Crippen LogP contribution in [0.5, 0.6) is 0 Å². The molecule has 14 heteroatoms. The maximum absolute atomic E-state index is 13.1. The standard InChI is InChI=1S/C45H85NO12S/c1-3-5-7-9-11-13-15-17-19-21-23-25-27-29-31-33-38(48)37(36-56-45-42(51)43(58-59(53,54)55)41(50)40(35-47)57-45)46-44(52)39(49)34-32-30-28-26-24-22-20-18-16-14-12-10-8-6-4-2/h23,25,31,33,37-43,45,47-51H,3-22,24,26-30,32,34-36H2,1-2H3,(H,46,52)(H,53,54,55)/b25-23+,33-31+. The average Bonchev–Trinajstić information content (AvgIpc) is 3.20. The molecule has 8 unspecified atom stereocenters. The topological polar surface area (TPSA) is 212 Å². The van der Waals surface area contributed by atoms with E-state index in [0.29, 0.717) is 12.8 Å². The number of hydrogen-bond donors (Lipinski definition) is 7. The first-order chi connectivity index (χ1) is 28.4. The van der Waals surface area contributed by atoms with Gasteiger partial charge in [-0.1, -0.05) is 186 Å². The van der Waals surface area contributed by atoms with E-state index in [1.54, 1.807) is 6.08 Å².